The molecule has 156 valence electrons. The lowest BCUT2D eigenvalue weighted by Gasteiger charge is -2.35. The van der Waals surface area contributed by atoms with E-state index in [0.29, 0.717) is 24.7 Å². The highest BCUT2D eigenvalue weighted by atomic mass is 32.2. The number of carbonyl (C=O) groups is 2. The van der Waals surface area contributed by atoms with E-state index in [1.54, 1.807) is 47.4 Å². The first-order valence-electron chi connectivity index (χ1n) is 10.0. The Kier molecular flexibility index (Phi) is 5.24. The Morgan fingerprint density at radius 3 is 2.07 bits per heavy atom. The molecule has 4 rings (SSSR count). The minimum Gasteiger partial charge on any atom is -0.367 e. The number of piperidine rings is 1. The zero-order valence-electron chi connectivity index (χ0n) is 17.0. The van der Waals surface area contributed by atoms with E-state index in [9.17, 15) is 18.0 Å². The second kappa shape index (κ2) is 7.72. The molecule has 2 aliphatic rings. The van der Waals surface area contributed by atoms with Crippen LogP contribution >= 0.6 is 0 Å². The lowest BCUT2D eigenvalue weighted by molar-refractivity contribution is 0.0933. The Labute approximate surface area is 176 Å². The van der Waals surface area contributed by atoms with Gasteiger partial charge in [-0.2, -0.15) is 0 Å². The number of nitrogens with one attached hydrogen (secondary N) is 1. The van der Waals surface area contributed by atoms with Crippen molar-refractivity contribution in [3.05, 3.63) is 75.8 Å². The van der Waals surface area contributed by atoms with Crippen LogP contribution in [-0.2, 0) is 10.0 Å². The highest BCUT2D eigenvalue weighted by Crippen LogP contribution is 2.34. The van der Waals surface area contributed by atoms with Crippen molar-refractivity contribution in [1.82, 2.24) is 4.90 Å². The van der Waals surface area contributed by atoms with Crippen molar-refractivity contribution in [3.63, 3.8) is 0 Å². The van der Waals surface area contributed by atoms with Crippen LogP contribution in [0.3, 0.4) is 0 Å². The molecule has 1 saturated heterocycles. The summed E-state index contributed by atoms with van der Waals surface area (Å²) in [4.78, 5) is 28.0. The van der Waals surface area contributed by atoms with Crippen LogP contribution in [0.2, 0.25) is 0 Å². The first-order chi connectivity index (χ1) is 14.3. The first-order valence-corrected chi connectivity index (χ1v) is 11.5. The Morgan fingerprint density at radius 2 is 1.47 bits per heavy atom. The van der Waals surface area contributed by atoms with Crippen molar-refractivity contribution in [2.45, 2.75) is 26.7 Å². The van der Waals surface area contributed by atoms with Gasteiger partial charge in [0.25, 0.3) is 10.0 Å². The Balaban J connectivity index is 1.84. The average Bonchev–Trinajstić information content (AvgIpc) is 2.72. The van der Waals surface area contributed by atoms with E-state index in [4.69, 9.17) is 0 Å². The number of nitrogens with zero attached hydrogens (tertiary/aromatic N) is 1. The van der Waals surface area contributed by atoms with Crippen LogP contribution in [0.1, 0.15) is 46.0 Å². The van der Waals surface area contributed by atoms with Crippen LogP contribution in [-0.4, -0.2) is 38.0 Å². The molecule has 0 radical (unpaired) electrons. The minimum absolute atomic E-state index is 0.00906. The lowest BCUT2D eigenvalue weighted by Crippen LogP contribution is -2.41. The predicted molar refractivity (Wildman–Crippen MR) is 116 cm³/mol. The lowest BCUT2D eigenvalue weighted by atomic mass is 9.90. The number of anilines is 1. The number of fused-ring (bicyclic) bond motifs is 1. The molecule has 0 spiro atoms. The fourth-order valence-electron chi connectivity index (χ4n) is 3.94. The molecule has 0 unspecified atom stereocenters. The van der Waals surface area contributed by atoms with Gasteiger partial charge in [-0.05, 0) is 37.8 Å². The van der Waals surface area contributed by atoms with E-state index < -0.39 is 26.5 Å². The summed E-state index contributed by atoms with van der Waals surface area (Å²) in [5.41, 5.74) is 1.70. The number of sulfonamides is 1. The molecule has 2 aromatic rings. The molecule has 0 saturated carbocycles. The molecule has 0 atom stereocenters. The zero-order valence-corrected chi connectivity index (χ0v) is 17.8. The molecule has 1 fully saturated rings. The van der Waals surface area contributed by atoms with Crippen molar-refractivity contribution in [2.75, 3.05) is 17.8 Å². The summed E-state index contributed by atoms with van der Waals surface area (Å²) in [6.45, 7) is 5.12. The Hall–Kier alpha value is -2.93. The van der Waals surface area contributed by atoms with Crippen molar-refractivity contribution in [1.29, 1.82) is 0 Å². The Bertz CT molecular complexity index is 1140. The molecule has 2 aromatic carbocycles. The predicted octanol–water partition coefficient (Wildman–Crippen LogP) is 3.76. The van der Waals surface area contributed by atoms with Gasteiger partial charge >= 0.3 is 0 Å². The number of carbonyl (C=O) groups excluding carboxylic acids is 2. The fourth-order valence-corrected chi connectivity index (χ4v) is 5.31. The van der Waals surface area contributed by atoms with Crippen LogP contribution in [0.15, 0.2) is 59.1 Å². The normalized spacial score (nSPS) is 17.9. The van der Waals surface area contributed by atoms with E-state index in [-0.39, 0.29) is 16.8 Å². The number of ketones is 2. The molecule has 1 heterocycles. The van der Waals surface area contributed by atoms with Crippen LogP contribution in [0.4, 0.5) is 5.69 Å². The molecule has 0 bridgehead atoms. The van der Waals surface area contributed by atoms with E-state index in [0.717, 1.165) is 18.4 Å². The first kappa shape index (κ1) is 20.3. The third kappa shape index (κ3) is 3.65. The van der Waals surface area contributed by atoms with Crippen LogP contribution in [0.5, 0.6) is 0 Å². The topological polar surface area (TPSA) is 83.6 Å². The molecular formula is C23H24N2O4S. The SMILES string of the molecule is Cc1ccc(NS(=O)(=O)C2=C(N3CCC(C)CC3)C(=O)c3ccccc3C2=O)cc1. The molecule has 1 aliphatic heterocycles. The second-order valence-electron chi connectivity index (χ2n) is 8.02. The van der Waals surface area contributed by atoms with E-state index >= 15 is 0 Å². The molecule has 0 aromatic heterocycles. The maximum absolute atomic E-state index is 13.4. The van der Waals surface area contributed by atoms with Crippen LogP contribution in [0, 0.1) is 12.8 Å². The zero-order chi connectivity index (χ0) is 21.5. The second-order valence-corrected chi connectivity index (χ2v) is 9.64. The number of Topliss-reactive ketones (excluding diaryl/α,β-unsaturated/α-hetero) is 2. The summed E-state index contributed by atoms with van der Waals surface area (Å²) < 4.78 is 29.2. The standard InChI is InChI=1S/C23H24N2O4S/c1-15-7-9-17(10-8-15)24-30(28,29)23-20(25-13-11-16(2)12-14-25)21(26)18-5-3-4-6-19(18)22(23)27/h3-10,16,24H,11-14H2,1-2H3. The van der Waals surface area contributed by atoms with Gasteiger partial charge in [-0.3, -0.25) is 14.3 Å². The number of allylic oxidation sites excluding steroid dienone is 2. The van der Waals surface area contributed by atoms with Gasteiger partial charge in [-0.15, -0.1) is 0 Å². The summed E-state index contributed by atoms with van der Waals surface area (Å²) in [5, 5.41) is 0. The molecule has 1 aliphatic carbocycles. The van der Waals surface area contributed by atoms with E-state index in [1.807, 2.05) is 6.92 Å². The van der Waals surface area contributed by atoms with Gasteiger partial charge in [0.05, 0.1) is 0 Å². The van der Waals surface area contributed by atoms with Gasteiger partial charge in [0, 0.05) is 29.9 Å². The smallest absolute Gasteiger partial charge is 0.268 e. The summed E-state index contributed by atoms with van der Waals surface area (Å²) in [5.74, 6) is -0.559. The maximum atomic E-state index is 13.4. The van der Waals surface area contributed by atoms with Gasteiger partial charge in [0.15, 0.2) is 4.91 Å². The quantitative estimate of drug-likeness (QED) is 0.808. The highest BCUT2D eigenvalue weighted by molar-refractivity contribution is 7.97. The number of benzene rings is 2. The van der Waals surface area contributed by atoms with Crippen LogP contribution in [0.25, 0.3) is 0 Å². The highest BCUT2D eigenvalue weighted by Gasteiger charge is 2.41. The summed E-state index contributed by atoms with van der Waals surface area (Å²) in [6, 6.07) is 13.2. The minimum atomic E-state index is -4.27. The summed E-state index contributed by atoms with van der Waals surface area (Å²) in [6.07, 6.45) is 1.68. The summed E-state index contributed by atoms with van der Waals surface area (Å²) in [7, 11) is -4.27. The number of likely N-dealkylation sites (tertiary alicyclic amines) is 1. The van der Waals surface area contributed by atoms with Crippen LogP contribution < -0.4 is 4.72 Å². The number of hydrogen-bond donors (Lipinski definition) is 1. The third-order valence-corrected chi connectivity index (χ3v) is 7.15. The van der Waals surface area contributed by atoms with Gasteiger partial charge in [0.2, 0.25) is 11.6 Å². The van der Waals surface area contributed by atoms with E-state index in [1.165, 1.54) is 6.07 Å². The molecule has 1 N–H and O–H groups in total. The average molecular weight is 425 g/mol. The molecular weight excluding hydrogens is 400 g/mol. The monoisotopic (exact) mass is 424 g/mol. The molecule has 0 amide bonds. The Morgan fingerprint density at radius 1 is 0.900 bits per heavy atom. The van der Waals surface area contributed by atoms with Crippen molar-refractivity contribution < 1.29 is 18.0 Å². The number of rotatable bonds is 4. The summed E-state index contributed by atoms with van der Waals surface area (Å²) >= 11 is 0. The largest absolute Gasteiger partial charge is 0.367 e. The third-order valence-electron chi connectivity index (χ3n) is 5.73. The maximum Gasteiger partial charge on any atom is 0.268 e. The molecule has 6 nitrogen and oxygen atoms in total. The van der Waals surface area contributed by atoms with Gasteiger partial charge in [-0.25, -0.2) is 8.42 Å². The van der Waals surface area contributed by atoms with Gasteiger partial charge < -0.3 is 4.90 Å². The van der Waals surface area contributed by atoms with Gasteiger partial charge in [0.1, 0.15) is 5.70 Å². The van der Waals surface area contributed by atoms with Crippen molar-refractivity contribution >= 4 is 27.3 Å². The van der Waals surface area contributed by atoms with Gasteiger partial charge in [-0.1, -0.05) is 48.9 Å². The van der Waals surface area contributed by atoms with Crippen molar-refractivity contribution in [3.8, 4) is 0 Å². The molecule has 30 heavy (non-hydrogen) atoms. The van der Waals surface area contributed by atoms with Crippen molar-refractivity contribution in [2.24, 2.45) is 5.92 Å². The fraction of sp³-hybridized carbons (Fsp3) is 0.304. The van der Waals surface area contributed by atoms with E-state index in [2.05, 4.69) is 11.6 Å². The number of aryl methyl sites for hydroxylation is 1. The number of hydrogen-bond acceptors (Lipinski definition) is 5. The molecule has 7 heteroatoms.